The number of hydrogen-bond acceptors (Lipinski definition) is 0. The van der Waals surface area contributed by atoms with Gasteiger partial charge in [-0.3, -0.25) is 0 Å². The van der Waals surface area contributed by atoms with Crippen LogP contribution in [0.3, 0.4) is 0 Å². The second-order valence-electron chi connectivity index (χ2n) is 2.27. The van der Waals surface area contributed by atoms with Gasteiger partial charge in [-0.25, -0.2) is 4.39 Å². The normalized spacial score (nSPS) is 10.2. The Labute approximate surface area is 74.9 Å². The Morgan fingerprint density at radius 2 is 1.82 bits per heavy atom. The van der Waals surface area contributed by atoms with Gasteiger partial charge < -0.3 is 0 Å². The van der Waals surface area contributed by atoms with Crippen LogP contribution in [0.25, 0.3) is 0 Å². The maximum absolute atomic E-state index is 12.3. The Bertz CT molecular complexity index is 271. The van der Waals surface area contributed by atoms with Gasteiger partial charge in [-0.1, -0.05) is 23.2 Å². The second kappa shape index (κ2) is 3.42. The van der Waals surface area contributed by atoms with Crippen molar-refractivity contribution < 1.29 is 4.39 Å². The molecule has 0 saturated carbocycles. The van der Waals surface area contributed by atoms with E-state index in [4.69, 9.17) is 23.2 Å². The lowest BCUT2D eigenvalue weighted by Crippen LogP contribution is -1.87. The first-order valence-electron chi connectivity index (χ1n) is 3.16. The molecule has 0 aromatic heterocycles. The summed E-state index contributed by atoms with van der Waals surface area (Å²) < 4.78 is 12.3. The smallest absolute Gasteiger partial charge is 0.116 e. The van der Waals surface area contributed by atoms with Crippen LogP contribution < -0.4 is 0 Å². The van der Waals surface area contributed by atoms with E-state index < -0.39 is 6.67 Å². The van der Waals surface area contributed by atoms with Crippen LogP contribution in [-0.2, 0) is 6.67 Å². The molecule has 11 heavy (non-hydrogen) atoms. The van der Waals surface area contributed by atoms with Crippen molar-refractivity contribution in [3.8, 4) is 0 Å². The van der Waals surface area contributed by atoms with Crippen molar-refractivity contribution in [2.24, 2.45) is 0 Å². The molecule has 0 radical (unpaired) electrons. The number of alkyl halides is 1. The molecule has 0 spiro atoms. The van der Waals surface area contributed by atoms with E-state index in [1.165, 1.54) is 0 Å². The van der Waals surface area contributed by atoms with Crippen LogP contribution in [0.4, 0.5) is 4.39 Å². The summed E-state index contributed by atoms with van der Waals surface area (Å²) >= 11 is 11.4. The molecule has 1 aromatic rings. The average molecular weight is 193 g/mol. The van der Waals surface area contributed by atoms with Crippen LogP contribution in [0.1, 0.15) is 11.1 Å². The lowest BCUT2D eigenvalue weighted by atomic mass is 10.1. The van der Waals surface area contributed by atoms with Crippen LogP contribution in [0.5, 0.6) is 0 Å². The third-order valence-corrected chi connectivity index (χ3v) is 2.37. The van der Waals surface area contributed by atoms with Gasteiger partial charge in [0.15, 0.2) is 0 Å². The van der Waals surface area contributed by atoms with Gasteiger partial charge >= 0.3 is 0 Å². The van der Waals surface area contributed by atoms with Gasteiger partial charge in [0.25, 0.3) is 0 Å². The topological polar surface area (TPSA) is 0 Å². The fourth-order valence-corrected chi connectivity index (χ4v) is 1.29. The van der Waals surface area contributed by atoms with Crippen molar-refractivity contribution in [1.29, 1.82) is 0 Å². The quantitative estimate of drug-likeness (QED) is 0.636. The first kappa shape index (κ1) is 8.82. The maximum atomic E-state index is 12.3. The number of hydrogen-bond donors (Lipinski definition) is 0. The molecule has 0 amide bonds. The minimum atomic E-state index is -0.564. The fraction of sp³-hybridized carbons (Fsp3) is 0.250. The monoisotopic (exact) mass is 192 g/mol. The van der Waals surface area contributed by atoms with Crippen molar-refractivity contribution in [2.75, 3.05) is 0 Å². The molecule has 60 valence electrons. The summed E-state index contributed by atoms with van der Waals surface area (Å²) in [6.07, 6.45) is 0. The molecule has 0 nitrogen and oxygen atoms in total. The fourth-order valence-electron chi connectivity index (χ4n) is 0.859. The molecule has 0 aliphatic carbocycles. The third-order valence-electron chi connectivity index (χ3n) is 1.61. The van der Waals surface area contributed by atoms with Gasteiger partial charge in [0.2, 0.25) is 0 Å². The molecule has 0 fully saturated rings. The van der Waals surface area contributed by atoms with Crippen molar-refractivity contribution in [3.05, 3.63) is 33.3 Å². The van der Waals surface area contributed by atoms with E-state index in [0.717, 1.165) is 5.56 Å². The molecule has 0 N–H and O–H groups in total. The van der Waals surface area contributed by atoms with Crippen LogP contribution in [-0.4, -0.2) is 0 Å². The molecule has 0 aliphatic heterocycles. The number of rotatable bonds is 1. The Morgan fingerprint density at radius 3 is 2.27 bits per heavy atom. The SMILES string of the molecule is Cc1c(Cl)ccc(Cl)c1CF. The second-order valence-corrected chi connectivity index (χ2v) is 3.08. The van der Waals surface area contributed by atoms with Crippen LogP contribution in [0.2, 0.25) is 10.0 Å². The zero-order valence-electron chi connectivity index (χ0n) is 6.00. The van der Waals surface area contributed by atoms with Gasteiger partial charge in [0.1, 0.15) is 6.67 Å². The average Bonchev–Trinajstić information content (AvgIpc) is 1.99. The minimum Gasteiger partial charge on any atom is -0.246 e. The van der Waals surface area contributed by atoms with Crippen molar-refractivity contribution in [1.82, 2.24) is 0 Å². The summed E-state index contributed by atoms with van der Waals surface area (Å²) in [4.78, 5) is 0. The summed E-state index contributed by atoms with van der Waals surface area (Å²) in [5.41, 5.74) is 1.21. The van der Waals surface area contributed by atoms with Crippen LogP contribution >= 0.6 is 23.2 Å². The van der Waals surface area contributed by atoms with Crippen molar-refractivity contribution in [2.45, 2.75) is 13.6 Å². The standard InChI is InChI=1S/C8H7Cl2F/c1-5-6(4-11)8(10)3-2-7(5)9/h2-3H,4H2,1H3. The van der Waals surface area contributed by atoms with E-state index in [9.17, 15) is 4.39 Å². The van der Waals surface area contributed by atoms with Crippen LogP contribution in [0.15, 0.2) is 12.1 Å². The highest BCUT2D eigenvalue weighted by atomic mass is 35.5. The predicted molar refractivity (Wildman–Crippen MR) is 46.0 cm³/mol. The highest BCUT2D eigenvalue weighted by Gasteiger charge is 2.05. The molecule has 0 bridgehead atoms. The van der Waals surface area contributed by atoms with Crippen LogP contribution in [0, 0.1) is 6.92 Å². The zero-order chi connectivity index (χ0) is 8.43. The van der Waals surface area contributed by atoms with Crippen molar-refractivity contribution >= 4 is 23.2 Å². The number of halogens is 3. The number of benzene rings is 1. The highest BCUT2D eigenvalue weighted by Crippen LogP contribution is 2.26. The van der Waals surface area contributed by atoms with Gasteiger partial charge in [-0.2, -0.15) is 0 Å². The molecular formula is C8H7Cl2F. The molecule has 1 rings (SSSR count). The van der Waals surface area contributed by atoms with E-state index in [0.29, 0.717) is 15.6 Å². The van der Waals surface area contributed by atoms with E-state index in [-0.39, 0.29) is 0 Å². The first-order valence-corrected chi connectivity index (χ1v) is 3.92. The predicted octanol–water partition coefficient (Wildman–Crippen LogP) is 3.77. The van der Waals surface area contributed by atoms with Gasteiger partial charge in [-0.15, -0.1) is 0 Å². The molecule has 0 atom stereocenters. The van der Waals surface area contributed by atoms with Crippen molar-refractivity contribution in [3.63, 3.8) is 0 Å². The zero-order valence-corrected chi connectivity index (χ0v) is 7.51. The first-order chi connectivity index (χ1) is 5.16. The van der Waals surface area contributed by atoms with E-state index in [2.05, 4.69) is 0 Å². The van der Waals surface area contributed by atoms with E-state index in [1.807, 2.05) is 0 Å². The molecule has 1 aromatic carbocycles. The maximum Gasteiger partial charge on any atom is 0.116 e. The summed E-state index contributed by atoms with van der Waals surface area (Å²) in [5.74, 6) is 0. The Morgan fingerprint density at radius 1 is 1.27 bits per heavy atom. The Kier molecular flexibility index (Phi) is 2.74. The molecule has 0 saturated heterocycles. The Balaban J connectivity index is 3.29. The minimum absolute atomic E-state index is 0.439. The molecule has 0 heterocycles. The Hall–Kier alpha value is -0.270. The summed E-state index contributed by atoms with van der Waals surface area (Å²) in [7, 11) is 0. The molecular weight excluding hydrogens is 186 g/mol. The van der Waals surface area contributed by atoms with Gasteiger partial charge in [0.05, 0.1) is 0 Å². The highest BCUT2D eigenvalue weighted by molar-refractivity contribution is 6.34. The molecule has 3 heteroatoms. The summed E-state index contributed by atoms with van der Waals surface area (Å²) in [6, 6.07) is 3.27. The summed E-state index contributed by atoms with van der Waals surface area (Å²) in [6.45, 7) is 1.19. The van der Waals surface area contributed by atoms with Gasteiger partial charge in [-0.05, 0) is 24.6 Å². The van der Waals surface area contributed by atoms with E-state index >= 15 is 0 Å². The van der Waals surface area contributed by atoms with Gasteiger partial charge in [0, 0.05) is 15.6 Å². The van der Waals surface area contributed by atoms with E-state index in [1.54, 1.807) is 19.1 Å². The lowest BCUT2D eigenvalue weighted by molar-refractivity contribution is 0.484. The summed E-state index contributed by atoms with van der Waals surface area (Å²) in [5, 5.41) is 0.997. The third kappa shape index (κ3) is 1.66. The lowest BCUT2D eigenvalue weighted by Gasteiger charge is -2.04. The molecule has 0 aliphatic rings. The largest absolute Gasteiger partial charge is 0.246 e. The molecule has 0 unspecified atom stereocenters.